The molecule has 0 bridgehead atoms. The van der Waals surface area contributed by atoms with Crippen molar-refractivity contribution < 1.29 is 9.53 Å². The number of cyclic esters (lactones) is 1. The zero-order valence-electron chi connectivity index (χ0n) is 13.4. The van der Waals surface area contributed by atoms with Crippen molar-refractivity contribution in [3.63, 3.8) is 0 Å². The summed E-state index contributed by atoms with van der Waals surface area (Å²) in [5.41, 5.74) is 0. The fourth-order valence-electron chi connectivity index (χ4n) is 3.32. The predicted molar refractivity (Wildman–Crippen MR) is 81.3 cm³/mol. The smallest absolute Gasteiger partial charge is 0.409 e. The van der Waals surface area contributed by atoms with E-state index < -0.39 is 0 Å². The quantitative estimate of drug-likeness (QED) is 0.797. The summed E-state index contributed by atoms with van der Waals surface area (Å²) in [4.78, 5) is 15.7. The number of rotatable bonds is 6. The first-order chi connectivity index (χ1) is 10.6. The van der Waals surface area contributed by atoms with Gasteiger partial charge in [-0.15, -0.1) is 10.2 Å². The van der Waals surface area contributed by atoms with Crippen LogP contribution in [0.4, 0.5) is 4.79 Å². The standard InChI is InChI=1S/C15H25N5O2/c1-12(2)10-20-11-16-17-14(20)13-4-3-5-18(13)6-7-19-8-9-22-15(19)21/h11-13H,3-10H2,1-2H3. The number of carbonyl (C=O) groups is 1. The molecule has 0 aromatic carbocycles. The van der Waals surface area contributed by atoms with Gasteiger partial charge in [-0.25, -0.2) is 4.79 Å². The molecule has 1 unspecified atom stereocenters. The molecule has 1 aromatic rings. The van der Waals surface area contributed by atoms with Gasteiger partial charge in [-0.2, -0.15) is 0 Å². The first kappa shape index (κ1) is 15.3. The zero-order chi connectivity index (χ0) is 15.5. The first-order valence-electron chi connectivity index (χ1n) is 8.18. The van der Waals surface area contributed by atoms with E-state index in [0.717, 1.165) is 38.4 Å². The van der Waals surface area contributed by atoms with Crippen molar-refractivity contribution in [3.05, 3.63) is 12.2 Å². The lowest BCUT2D eigenvalue weighted by atomic mass is 10.2. The second-order valence-corrected chi connectivity index (χ2v) is 6.53. The van der Waals surface area contributed by atoms with Crippen molar-refractivity contribution >= 4 is 6.09 Å². The van der Waals surface area contributed by atoms with E-state index >= 15 is 0 Å². The van der Waals surface area contributed by atoms with Crippen LogP contribution in [0.1, 0.15) is 38.6 Å². The van der Waals surface area contributed by atoms with Gasteiger partial charge in [0.1, 0.15) is 18.8 Å². The van der Waals surface area contributed by atoms with Crippen LogP contribution in [-0.4, -0.2) is 63.4 Å². The number of amides is 1. The van der Waals surface area contributed by atoms with Crippen molar-refractivity contribution in [1.29, 1.82) is 0 Å². The van der Waals surface area contributed by atoms with Crippen LogP contribution in [0, 0.1) is 5.92 Å². The highest BCUT2D eigenvalue weighted by molar-refractivity contribution is 5.69. The van der Waals surface area contributed by atoms with Gasteiger partial charge in [0, 0.05) is 19.6 Å². The van der Waals surface area contributed by atoms with E-state index in [2.05, 4.69) is 33.5 Å². The summed E-state index contributed by atoms with van der Waals surface area (Å²) in [5.74, 6) is 1.64. The molecule has 22 heavy (non-hydrogen) atoms. The van der Waals surface area contributed by atoms with Crippen LogP contribution in [-0.2, 0) is 11.3 Å². The molecule has 1 aromatic heterocycles. The summed E-state index contributed by atoms with van der Waals surface area (Å²) in [5, 5.41) is 8.47. The zero-order valence-corrected chi connectivity index (χ0v) is 13.4. The van der Waals surface area contributed by atoms with Gasteiger partial charge >= 0.3 is 6.09 Å². The monoisotopic (exact) mass is 307 g/mol. The minimum atomic E-state index is -0.182. The van der Waals surface area contributed by atoms with Crippen LogP contribution in [0.15, 0.2) is 6.33 Å². The second-order valence-electron chi connectivity index (χ2n) is 6.53. The Bertz CT molecular complexity index is 516. The molecule has 2 aliphatic rings. The minimum absolute atomic E-state index is 0.182. The highest BCUT2D eigenvalue weighted by Crippen LogP contribution is 2.30. The SMILES string of the molecule is CC(C)Cn1cnnc1C1CCCN1CCN1CCOC1=O. The van der Waals surface area contributed by atoms with Gasteiger partial charge in [-0.1, -0.05) is 13.8 Å². The number of hydrogen-bond donors (Lipinski definition) is 0. The highest BCUT2D eigenvalue weighted by atomic mass is 16.6. The van der Waals surface area contributed by atoms with E-state index in [4.69, 9.17) is 4.74 Å². The molecular weight excluding hydrogens is 282 g/mol. The van der Waals surface area contributed by atoms with E-state index in [1.807, 2.05) is 6.33 Å². The Morgan fingerprint density at radius 2 is 2.23 bits per heavy atom. The summed E-state index contributed by atoms with van der Waals surface area (Å²) < 4.78 is 7.16. The molecule has 0 spiro atoms. The Kier molecular flexibility index (Phi) is 4.61. The Balaban J connectivity index is 1.63. The van der Waals surface area contributed by atoms with Crippen LogP contribution in [0.2, 0.25) is 0 Å². The fourth-order valence-corrected chi connectivity index (χ4v) is 3.32. The summed E-state index contributed by atoms with van der Waals surface area (Å²) in [6, 6.07) is 0.319. The Labute approximate surface area is 131 Å². The van der Waals surface area contributed by atoms with Gasteiger partial charge in [0.15, 0.2) is 0 Å². The van der Waals surface area contributed by atoms with Crippen molar-refractivity contribution in [2.75, 3.05) is 32.8 Å². The number of likely N-dealkylation sites (tertiary alicyclic amines) is 1. The third kappa shape index (κ3) is 3.24. The second kappa shape index (κ2) is 6.64. The molecule has 2 fully saturated rings. The number of carbonyl (C=O) groups excluding carboxylic acids is 1. The molecule has 7 heteroatoms. The number of nitrogens with zero attached hydrogens (tertiary/aromatic N) is 5. The number of hydrogen-bond acceptors (Lipinski definition) is 5. The van der Waals surface area contributed by atoms with Gasteiger partial charge in [-0.05, 0) is 25.3 Å². The fraction of sp³-hybridized carbons (Fsp3) is 0.800. The van der Waals surface area contributed by atoms with Gasteiger partial charge in [0.2, 0.25) is 0 Å². The van der Waals surface area contributed by atoms with E-state index in [9.17, 15) is 4.79 Å². The molecule has 0 saturated carbocycles. The molecule has 3 heterocycles. The first-order valence-corrected chi connectivity index (χ1v) is 8.18. The molecule has 0 radical (unpaired) electrons. The minimum Gasteiger partial charge on any atom is -0.448 e. The Hall–Kier alpha value is -1.63. The van der Waals surface area contributed by atoms with E-state index in [1.54, 1.807) is 4.90 Å². The van der Waals surface area contributed by atoms with Crippen molar-refractivity contribution in [2.24, 2.45) is 5.92 Å². The third-order valence-electron chi connectivity index (χ3n) is 4.37. The summed E-state index contributed by atoms with van der Waals surface area (Å²) in [6.07, 6.45) is 3.94. The molecule has 3 rings (SSSR count). The third-order valence-corrected chi connectivity index (χ3v) is 4.37. The maximum absolute atomic E-state index is 11.5. The highest BCUT2D eigenvalue weighted by Gasteiger charge is 2.31. The molecule has 2 aliphatic heterocycles. The van der Waals surface area contributed by atoms with Crippen LogP contribution >= 0.6 is 0 Å². The van der Waals surface area contributed by atoms with E-state index in [-0.39, 0.29) is 6.09 Å². The average Bonchev–Trinajstić information content (AvgIpc) is 3.16. The lowest BCUT2D eigenvalue weighted by Gasteiger charge is -2.26. The van der Waals surface area contributed by atoms with Crippen LogP contribution in [0.5, 0.6) is 0 Å². The lowest BCUT2D eigenvalue weighted by Crippen LogP contribution is -2.36. The van der Waals surface area contributed by atoms with Gasteiger partial charge in [0.05, 0.1) is 12.6 Å². The molecule has 1 atom stereocenters. The topological polar surface area (TPSA) is 63.5 Å². The van der Waals surface area contributed by atoms with Crippen LogP contribution in [0.25, 0.3) is 0 Å². The summed E-state index contributed by atoms with van der Waals surface area (Å²) in [7, 11) is 0. The normalized spacial score (nSPS) is 22.8. The Morgan fingerprint density at radius 3 is 2.95 bits per heavy atom. The van der Waals surface area contributed by atoms with E-state index in [1.165, 1.54) is 6.42 Å². The summed E-state index contributed by atoms with van der Waals surface area (Å²) in [6.45, 7) is 9.24. The average molecular weight is 307 g/mol. The maximum Gasteiger partial charge on any atom is 0.409 e. The van der Waals surface area contributed by atoms with Gasteiger partial charge < -0.3 is 14.2 Å². The van der Waals surface area contributed by atoms with Gasteiger partial charge in [-0.3, -0.25) is 4.90 Å². The predicted octanol–water partition coefficient (Wildman–Crippen LogP) is 1.52. The molecule has 7 nitrogen and oxygen atoms in total. The number of ether oxygens (including phenoxy) is 1. The van der Waals surface area contributed by atoms with Crippen molar-refractivity contribution in [2.45, 2.75) is 39.3 Å². The lowest BCUT2D eigenvalue weighted by molar-refractivity contribution is 0.151. The van der Waals surface area contributed by atoms with Crippen molar-refractivity contribution in [3.8, 4) is 0 Å². The Morgan fingerprint density at radius 1 is 1.36 bits per heavy atom. The molecule has 2 saturated heterocycles. The molecule has 0 aliphatic carbocycles. The maximum atomic E-state index is 11.5. The van der Waals surface area contributed by atoms with Crippen molar-refractivity contribution in [1.82, 2.24) is 24.6 Å². The van der Waals surface area contributed by atoms with Crippen LogP contribution < -0.4 is 0 Å². The summed E-state index contributed by atoms with van der Waals surface area (Å²) >= 11 is 0. The van der Waals surface area contributed by atoms with Crippen LogP contribution in [0.3, 0.4) is 0 Å². The molecular formula is C15H25N5O2. The number of aromatic nitrogens is 3. The molecule has 122 valence electrons. The van der Waals surface area contributed by atoms with E-state index in [0.29, 0.717) is 25.1 Å². The van der Waals surface area contributed by atoms with Gasteiger partial charge in [0.25, 0.3) is 0 Å². The largest absolute Gasteiger partial charge is 0.448 e. The molecule has 1 amide bonds. The molecule has 0 N–H and O–H groups in total.